The maximum atomic E-state index is 13.2. The van der Waals surface area contributed by atoms with Crippen LogP contribution in [0, 0.1) is 5.82 Å². The van der Waals surface area contributed by atoms with Gasteiger partial charge in [-0.3, -0.25) is 4.79 Å². The summed E-state index contributed by atoms with van der Waals surface area (Å²) in [5.41, 5.74) is 2.33. The molecule has 0 fully saturated rings. The summed E-state index contributed by atoms with van der Waals surface area (Å²) in [6, 6.07) is 13.2. The zero-order valence-corrected chi connectivity index (χ0v) is 13.9. The molecule has 0 aliphatic rings. The Balaban J connectivity index is 1.88. The van der Waals surface area contributed by atoms with Crippen LogP contribution in [0.25, 0.3) is 10.9 Å². The molecule has 1 aromatic heterocycles. The smallest absolute Gasteiger partial charge is 0.258 e. The molecule has 0 bridgehead atoms. The lowest BCUT2D eigenvalue weighted by Crippen LogP contribution is -2.13. The quantitative estimate of drug-likeness (QED) is 0.719. The van der Waals surface area contributed by atoms with Gasteiger partial charge in [-0.25, -0.2) is 9.37 Å². The summed E-state index contributed by atoms with van der Waals surface area (Å²) in [6.45, 7) is 0. The number of benzene rings is 2. The lowest BCUT2D eigenvalue weighted by atomic mass is 10.1. The van der Waals surface area contributed by atoms with Crippen molar-refractivity contribution in [2.75, 3.05) is 24.3 Å². The van der Waals surface area contributed by atoms with Gasteiger partial charge in [-0.15, -0.1) is 0 Å². The van der Waals surface area contributed by atoms with Crippen LogP contribution in [0.5, 0.6) is 0 Å². The number of hydrogen-bond donors (Lipinski definition) is 1. The van der Waals surface area contributed by atoms with Crippen molar-refractivity contribution >= 4 is 39.8 Å². The van der Waals surface area contributed by atoms with Crippen LogP contribution in [0.1, 0.15) is 10.4 Å². The Kier molecular flexibility index (Phi) is 4.36. The van der Waals surface area contributed by atoms with Crippen molar-refractivity contribution in [1.82, 2.24) is 4.98 Å². The molecule has 0 aliphatic heterocycles. The highest BCUT2D eigenvalue weighted by Gasteiger charge is 2.14. The monoisotopic (exact) mass is 343 g/mol. The van der Waals surface area contributed by atoms with Gasteiger partial charge in [-0.2, -0.15) is 0 Å². The summed E-state index contributed by atoms with van der Waals surface area (Å²) < 4.78 is 13.2. The van der Waals surface area contributed by atoms with Crippen LogP contribution < -0.4 is 10.2 Å². The molecule has 2 aromatic carbocycles. The van der Waals surface area contributed by atoms with E-state index in [2.05, 4.69) is 10.3 Å². The van der Waals surface area contributed by atoms with Gasteiger partial charge in [0.1, 0.15) is 11.0 Å². The number of nitrogens with one attached hydrogen (secondary N) is 1. The molecule has 24 heavy (non-hydrogen) atoms. The standard InChI is InChI=1S/C18H15ClFN3O/c1-23(2)14-7-5-13(6-8-14)21-18(24)15-9-11-3-4-12(20)10-16(11)22-17(15)19/h3-10H,1-2H3,(H,21,24). The van der Waals surface area contributed by atoms with Gasteiger partial charge in [-0.1, -0.05) is 11.6 Å². The van der Waals surface area contributed by atoms with E-state index in [4.69, 9.17) is 11.6 Å². The first kappa shape index (κ1) is 16.2. The minimum absolute atomic E-state index is 0.0375. The van der Waals surface area contributed by atoms with Crippen molar-refractivity contribution < 1.29 is 9.18 Å². The van der Waals surface area contributed by atoms with Crippen molar-refractivity contribution in [2.24, 2.45) is 0 Å². The number of aromatic nitrogens is 1. The predicted molar refractivity (Wildman–Crippen MR) is 95.4 cm³/mol. The molecule has 1 N–H and O–H groups in total. The van der Waals surface area contributed by atoms with E-state index in [1.165, 1.54) is 12.1 Å². The number of fused-ring (bicyclic) bond motifs is 1. The second-order valence-corrected chi connectivity index (χ2v) is 5.92. The second kappa shape index (κ2) is 6.45. The van der Waals surface area contributed by atoms with Crippen LogP contribution >= 0.6 is 11.6 Å². The fourth-order valence-corrected chi connectivity index (χ4v) is 2.55. The van der Waals surface area contributed by atoms with Crippen LogP contribution in [0.4, 0.5) is 15.8 Å². The largest absolute Gasteiger partial charge is 0.378 e. The Hall–Kier alpha value is -2.66. The topological polar surface area (TPSA) is 45.2 Å². The summed E-state index contributed by atoms with van der Waals surface area (Å²) in [5.74, 6) is -0.763. The average molecular weight is 344 g/mol. The normalized spacial score (nSPS) is 10.7. The predicted octanol–water partition coefficient (Wildman–Crippen LogP) is 4.35. The molecule has 0 atom stereocenters. The Morgan fingerprint density at radius 1 is 1.12 bits per heavy atom. The van der Waals surface area contributed by atoms with Gasteiger partial charge in [0.25, 0.3) is 5.91 Å². The van der Waals surface area contributed by atoms with Gasteiger partial charge in [0.15, 0.2) is 0 Å². The average Bonchev–Trinajstić information content (AvgIpc) is 2.54. The molecule has 0 saturated heterocycles. The summed E-state index contributed by atoms with van der Waals surface area (Å²) >= 11 is 6.08. The van der Waals surface area contributed by atoms with Gasteiger partial charge in [-0.05, 0) is 42.5 Å². The fourth-order valence-electron chi connectivity index (χ4n) is 2.32. The van der Waals surface area contributed by atoms with E-state index in [1.807, 2.05) is 43.3 Å². The molecule has 1 amide bonds. The van der Waals surface area contributed by atoms with Crippen LogP contribution in [0.2, 0.25) is 5.15 Å². The first-order valence-electron chi connectivity index (χ1n) is 7.28. The zero-order chi connectivity index (χ0) is 17.3. The van der Waals surface area contributed by atoms with Crippen molar-refractivity contribution in [3.63, 3.8) is 0 Å². The number of carbonyl (C=O) groups excluding carboxylic acids is 1. The third kappa shape index (κ3) is 3.31. The molecule has 0 radical (unpaired) electrons. The molecule has 0 unspecified atom stereocenters. The third-order valence-corrected chi connectivity index (χ3v) is 3.91. The summed E-state index contributed by atoms with van der Waals surface area (Å²) in [6.07, 6.45) is 0. The number of halogens is 2. The van der Waals surface area contributed by atoms with Crippen LogP contribution in [-0.2, 0) is 0 Å². The van der Waals surface area contributed by atoms with Crippen molar-refractivity contribution in [3.8, 4) is 0 Å². The van der Waals surface area contributed by atoms with Gasteiger partial charge < -0.3 is 10.2 Å². The van der Waals surface area contributed by atoms with Crippen LogP contribution in [-0.4, -0.2) is 25.0 Å². The number of carbonyl (C=O) groups is 1. The van der Waals surface area contributed by atoms with Crippen molar-refractivity contribution in [3.05, 3.63) is 65.1 Å². The maximum Gasteiger partial charge on any atom is 0.258 e. The van der Waals surface area contributed by atoms with Gasteiger partial charge in [0, 0.05) is 36.9 Å². The molecule has 4 nitrogen and oxygen atoms in total. The third-order valence-electron chi connectivity index (χ3n) is 3.62. The number of pyridine rings is 1. The maximum absolute atomic E-state index is 13.2. The lowest BCUT2D eigenvalue weighted by molar-refractivity contribution is 0.102. The number of anilines is 2. The van der Waals surface area contributed by atoms with E-state index >= 15 is 0 Å². The minimum atomic E-state index is -0.399. The number of rotatable bonds is 3. The highest BCUT2D eigenvalue weighted by molar-refractivity contribution is 6.33. The van der Waals surface area contributed by atoms with Gasteiger partial charge in [0.2, 0.25) is 0 Å². The SMILES string of the molecule is CN(C)c1ccc(NC(=O)c2cc3ccc(F)cc3nc2Cl)cc1. The molecule has 1 heterocycles. The fraction of sp³-hybridized carbons (Fsp3) is 0.111. The number of nitrogens with zero attached hydrogens (tertiary/aromatic N) is 2. The molecule has 0 aliphatic carbocycles. The lowest BCUT2D eigenvalue weighted by Gasteiger charge is -2.13. The number of hydrogen-bond acceptors (Lipinski definition) is 3. The van der Waals surface area contributed by atoms with Gasteiger partial charge in [0.05, 0.1) is 11.1 Å². The highest BCUT2D eigenvalue weighted by Crippen LogP contribution is 2.23. The molecule has 0 saturated carbocycles. The van der Waals surface area contributed by atoms with Crippen LogP contribution in [0.15, 0.2) is 48.5 Å². The summed E-state index contributed by atoms with van der Waals surface area (Å²) in [5, 5.41) is 3.47. The molecular weight excluding hydrogens is 329 g/mol. The van der Waals surface area contributed by atoms with E-state index in [0.717, 1.165) is 5.69 Å². The minimum Gasteiger partial charge on any atom is -0.378 e. The summed E-state index contributed by atoms with van der Waals surface area (Å²) in [4.78, 5) is 18.5. The molecule has 122 valence electrons. The van der Waals surface area contributed by atoms with Gasteiger partial charge >= 0.3 is 0 Å². The van der Waals surface area contributed by atoms with E-state index in [1.54, 1.807) is 12.1 Å². The number of amides is 1. The first-order chi connectivity index (χ1) is 11.4. The zero-order valence-electron chi connectivity index (χ0n) is 13.2. The first-order valence-corrected chi connectivity index (χ1v) is 7.66. The molecule has 3 rings (SSSR count). The Labute approximate surface area is 143 Å². The van der Waals surface area contributed by atoms with Crippen molar-refractivity contribution in [2.45, 2.75) is 0 Å². The Morgan fingerprint density at radius 3 is 2.50 bits per heavy atom. The van der Waals surface area contributed by atoms with Crippen molar-refractivity contribution in [1.29, 1.82) is 0 Å². The molecule has 0 spiro atoms. The Morgan fingerprint density at radius 2 is 1.83 bits per heavy atom. The van der Waals surface area contributed by atoms with E-state index < -0.39 is 5.82 Å². The molecule has 6 heteroatoms. The molecular formula is C18H15ClFN3O. The second-order valence-electron chi connectivity index (χ2n) is 5.56. The highest BCUT2D eigenvalue weighted by atomic mass is 35.5. The van der Waals surface area contributed by atoms with Crippen LogP contribution in [0.3, 0.4) is 0 Å². The summed E-state index contributed by atoms with van der Waals surface area (Å²) in [7, 11) is 3.88. The molecule has 3 aromatic rings. The Bertz CT molecular complexity index is 910. The van der Waals surface area contributed by atoms with E-state index in [-0.39, 0.29) is 16.6 Å². The van der Waals surface area contributed by atoms with E-state index in [0.29, 0.717) is 16.6 Å². The van der Waals surface area contributed by atoms with E-state index in [9.17, 15) is 9.18 Å².